The summed E-state index contributed by atoms with van der Waals surface area (Å²) < 4.78 is 6.57. The molecule has 1 aromatic rings. The Bertz CT molecular complexity index is 338. The number of allylic oxidation sites excluding steroid dienone is 1. The van der Waals surface area contributed by atoms with Gasteiger partial charge in [-0.3, -0.25) is 0 Å². The lowest BCUT2D eigenvalue weighted by molar-refractivity contribution is 0.227. The van der Waals surface area contributed by atoms with E-state index in [2.05, 4.69) is 33.1 Å². The maximum absolute atomic E-state index is 5.79. The van der Waals surface area contributed by atoms with Crippen LogP contribution in [0.25, 0.3) is 0 Å². The van der Waals surface area contributed by atoms with Crippen molar-refractivity contribution in [2.75, 3.05) is 0 Å². The SMILES string of the molecule is Brc1ncccc1OC1C=CCCC1. The van der Waals surface area contributed by atoms with Crippen LogP contribution in [0.1, 0.15) is 19.3 Å². The van der Waals surface area contributed by atoms with E-state index >= 15 is 0 Å². The molecule has 0 bridgehead atoms. The molecule has 1 heterocycles. The van der Waals surface area contributed by atoms with E-state index in [1.165, 1.54) is 12.8 Å². The quantitative estimate of drug-likeness (QED) is 0.596. The van der Waals surface area contributed by atoms with Crippen molar-refractivity contribution >= 4 is 15.9 Å². The van der Waals surface area contributed by atoms with Gasteiger partial charge >= 0.3 is 0 Å². The fourth-order valence-corrected chi connectivity index (χ4v) is 1.85. The first-order valence-electron chi connectivity index (χ1n) is 4.80. The zero-order valence-corrected chi connectivity index (χ0v) is 9.40. The third kappa shape index (κ3) is 2.35. The minimum Gasteiger partial charge on any atom is -0.484 e. The summed E-state index contributed by atoms with van der Waals surface area (Å²) in [6.45, 7) is 0. The number of ether oxygens (including phenoxy) is 1. The van der Waals surface area contributed by atoms with Crippen LogP contribution in [0.3, 0.4) is 0 Å². The second kappa shape index (κ2) is 4.60. The van der Waals surface area contributed by atoms with Crippen molar-refractivity contribution in [3.63, 3.8) is 0 Å². The Balaban J connectivity index is 2.06. The normalized spacial score (nSPS) is 20.8. The molecule has 2 rings (SSSR count). The lowest BCUT2D eigenvalue weighted by Crippen LogP contribution is -2.15. The van der Waals surface area contributed by atoms with Gasteiger partial charge in [0.05, 0.1) is 0 Å². The third-order valence-corrected chi connectivity index (χ3v) is 2.81. The molecule has 1 atom stereocenters. The number of aromatic nitrogens is 1. The van der Waals surface area contributed by atoms with Gasteiger partial charge < -0.3 is 4.74 Å². The molecule has 3 heteroatoms. The van der Waals surface area contributed by atoms with Crippen molar-refractivity contribution in [3.8, 4) is 5.75 Å². The van der Waals surface area contributed by atoms with Crippen LogP contribution < -0.4 is 4.74 Å². The molecule has 0 radical (unpaired) electrons. The van der Waals surface area contributed by atoms with Crippen molar-refractivity contribution in [1.29, 1.82) is 0 Å². The molecule has 1 aliphatic carbocycles. The molecule has 2 nitrogen and oxygen atoms in total. The van der Waals surface area contributed by atoms with Gasteiger partial charge in [0, 0.05) is 6.20 Å². The summed E-state index contributed by atoms with van der Waals surface area (Å²) in [5.41, 5.74) is 0. The predicted molar refractivity (Wildman–Crippen MR) is 59.3 cm³/mol. The van der Waals surface area contributed by atoms with Crippen molar-refractivity contribution in [2.24, 2.45) is 0 Å². The van der Waals surface area contributed by atoms with Crippen molar-refractivity contribution in [3.05, 3.63) is 35.1 Å². The molecule has 0 aliphatic heterocycles. The first-order chi connectivity index (χ1) is 6.86. The highest BCUT2D eigenvalue weighted by molar-refractivity contribution is 9.10. The van der Waals surface area contributed by atoms with E-state index in [9.17, 15) is 0 Å². The van der Waals surface area contributed by atoms with Crippen LogP contribution in [0.5, 0.6) is 5.75 Å². The molecule has 0 aromatic carbocycles. The van der Waals surface area contributed by atoms with E-state index < -0.39 is 0 Å². The second-order valence-electron chi connectivity index (χ2n) is 3.31. The van der Waals surface area contributed by atoms with E-state index in [1.54, 1.807) is 6.20 Å². The topological polar surface area (TPSA) is 22.1 Å². The van der Waals surface area contributed by atoms with Gasteiger partial charge in [0.1, 0.15) is 10.7 Å². The van der Waals surface area contributed by atoms with Gasteiger partial charge in [-0.2, -0.15) is 0 Å². The maximum Gasteiger partial charge on any atom is 0.152 e. The lowest BCUT2D eigenvalue weighted by atomic mass is 10.1. The fraction of sp³-hybridized carbons (Fsp3) is 0.364. The molecule has 0 saturated carbocycles. The van der Waals surface area contributed by atoms with Crippen molar-refractivity contribution in [2.45, 2.75) is 25.4 Å². The average Bonchev–Trinajstić information content (AvgIpc) is 2.23. The predicted octanol–water partition coefficient (Wildman–Crippen LogP) is 3.33. The third-order valence-electron chi connectivity index (χ3n) is 2.21. The van der Waals surface area contributed by atoms with Gasteiger partial charge in [0.25, 0.3) is 0 Å². The Labute approximate surface area is 92.1 Å². The molecular formula is C11H12BrNO. The largest absolute Gasteiger partial charge is 0.484 e. The maximum atomic E-state index is 5.79. The lowest BCUT2D eigenvalue weighted by Gasteiger charge is -2.18. The zero-order valence-electron chi connectivity index (χ0n) is 7.82. The first-order valence-corrected chi connectivity index (χ1v) is 5.59. The van der Waals surface area contributed by atoms with Gasteiger partial charge in [-0.1, -0.05) is 6.08 Å². The molecule has 0 N–H and O–H groups in total. The number of hydrogen-bond acceptors (Lipinski definition) is 2. The standard InChI is InChI=1S/C11H12BrNO/c12-11-10(7-4-8-13-11)14-9-5-2-1-3-6-9/h2,4-5,7-9H,1,3,6H2. The summed E-state index contributed by atoms with van der Waals surface area (Å²) in [5.74, 6) is 0.823. The minimum absolute atomic E-state index is 0.212. The molecule has 1 unspecified atom stereocenters. The van der Waals surface area contributed by atoms with Gasteiger partial charge in [-0.15, -0.1) is 0 Å². The van der Waals surface area contributed by atoms with Gasteiger partial charge in [0.15, 0.2) is 5.75 Å². The van der Waals surface area contributed by atoms with E-state index in [1.807, 2.05) is 12.1 Å². The van der Waals surface area contributed by atoms with Crippen LogP contribution in [0.15, 0.2) is 35.1 Å². The van der Waals surface area contributed by atoms with Crippen LogP contribution in [0.2, 0.25) is 0 Å². The van der Waals surface area contributed by atoms with Crippen molar-refractivity contribution in [1.82, 2.24) is 4.98 Å². The zero-order chi connectivity index (χ0) is 9.80. The summed E-state index contributed by atoms with van der Waals surface area (Å²) >= 11 is 3.36. The van der Waals surface area contributed by atoms with Crippen LogP contribution in [-0.2, 0) is 0 Å². The Morgan fingerprint density at radius 1 is 1.50 bits per heavy atom. The van der Waals surface area contributed by atoms with Gasteiger partial charge in [-0.05, 0) is 53.4 Å². The van der Waals surface area contributed by atoms with Crippen molar-refractivity contribution < 1.29 is 4.74 Å². The second-order valence-corrected chi connectivity index (χ2v) is 4.06. The number of nitrogens with zero attached hydrogens (tertiary/aromatic N) is 1. The van der Waals surface area contributed by atoms with E-state index in [4.69, 9.17) is 4.74 Å². The van der Waals surface area contributed by atoms with Gasteiger partial charge in [0.2, 0.25) is 0 Å². The molecule has 74 valence electrons. The molecule has 0 fully saturated rings. The average molecular weight is 254 g/mol. The van der Waals surface area contributed by atoms with E-state index in [0.29, 0.717) is 0 Å². The summed E-state index contributed by atoms with van der Waals surface area (Å²) in [7, 11) is 0. The Morgan fingerprint density at radius 2 is 2.43 bits per heavy atom. The Kier molecular flexibility index (Phi) is 3.19. The Morgan fingerprint density at radius 3 is 3.14 bits per heavy atom. The minimum atomic E-state index is 0.212. The molecule has 1 aliphatic rings. The number of halogens is 1. The number of hydrogen-bond donors (Lipinski definition) is 0. The monoisotopic (exact) mass is 253 g/mol. The van der Waals surface area contributed by atoms with E-state index in [-0.39, 0.29) is 6.10 Å². The van der Waals surface area contributed by atoms with Crippen LogP contribution in [-0.4, -0.2) is 11.1 Å². The van der Waals surface area contributed by atoms with Crippen LogP contribution >= 0.6 is 15.9 Å². The summed E-state index contributed by atoms with van der Waals surface area (Å²) in [6, 6.07) is 3.81. The van der Waals surface area contributed by atoms with Crippen LogP contribution in [0.4, 0.5) is 0 Å². The summed E-state index contributed by atoms with van der Waals surface area (Å²) in [6.07, 6.45) is 9.74. The highest BCUT2D eigenvalue weighted by Crippen LogP contribution is 2.24. The molecule has 0 spiro atoms. The Hall–Kier alpha value is -0.830. The smallest absolute Gasteiger partial charge is 0.152 e. The first kappa shape index (κ1) is 9.71. The van der Waals surface area contributed by atoms with Crippen LogP contribution in [0, 0.1) is 0 Å². The summed E-state index contributed by atoms with van der Waals surface area (Å²) in [4.78, 5) is 4.11. The molecule has 14 heavy (non-hydrogen) atoms. The van der Waals surface area contributed by atoms with Gasteiger partial charge in [-0.25, -0.2) is 4.98 Å². The molecule has 0 saturated heterocycles. The highest BCUT2D eigenvalue weighted by atomic mass is 79.9. The number of pyridine rings is 1. The number of rotatable bonds is 2. The molecule has 0 amide bonds. The highest BCUT2D eigenvalue weighted by Gasteiger charge is 2.11. The molecule has 1 aromatic heterocycles. The van der Waals surface area contributed by atoms with E-state index in [0.717, 1.165) is 16.8 Å². The fourth-order valence-electron chi connectivity index (χ4n) is 1.50. The molecular weight excluding hydrogens is 242 g/mol. The summed E-state index contributed by atoms with van der Waals surface area (Å²) in [5, 5.41) is 0.